The zero-order valence-corrected chi connectivity index (χ0v) is 5.57. The predicted octanol–water partition coefficient (Wildman–Crippen LogP) is 1.18. The first-order chi connectivity index (χ1) is 3.77. The fourth-order valence-corrected chi connectivity index (χ4v) is 0.374. The van der Waals surface area contributed by atoms with Crippen molar-refractivity contribution in [2.75, 3.05) is 13.2 Å². The molecule has 0 aromatic rings. The lowest BCUT2D eigenvalue weighted by Crippen LogP contribution is -2.01. The van der Waals surface area contributed by atoms with E-state index in [-0.39, 0.29) is 6.61 Å². The zero-order chi connectivity index (χ0) is 6.41. The van der Waals surface area contributed by atoms with E-state index in [0.29, 0.717) is 6.61 Å². The Balaban J connectivity index is 2.82. The highest BCUT2D eigenvalue weighted by atomic mass is 35.5. The monoisotopic (exact) mass is 136 g/mol. The van der Waals surface area contributed by atoms with Gasteiger partial charge in [-0.15, -0.1) is 0 Å². The third-order valence-corrected chi connectivity index (χ3v) is 0.673. The Bertz CT molecular complexity index is 72.8. The molecule has 0 saturated heterocycles. The van der Waals surface area contributed by atoms with Gasteiger partial charge in [0, 0.05) is 6.61 Å². The molecule has 0 heterocycles. The minimum absolute atomic E-state index is 0.0371. The molecule has 0 spiro atoms. The smallest absolute Gasteiger partial charge is 0.247 e. The van der Waals surface area contributed by atoms with E-state index in [4.69, 9.17) is 16.3 Å². The van der Waals surface area contributed by atoms with Gasteiger partial charge in [0.05, 0.1) is 0 Å². The van der Waals surface area contributed by atoms with Crippen molar-refractivity contribution in [3.05, 3.63) is 0 Å². The summed E-state index contributed by atoms with van der Waals surface area (Å²) in [5, 5.41) is -0.432. The second-order valence-electron chi connectivity index (χ2n) is 1.41. The maximum absolute atomic E-state index is 9.96. The lowest BCUT2D eigenvalue weighted by atomic mass is 10.5. The molecule has 48 valence electrons. The van der Waals surface area contributed by atoms with Gasteiger partial charge in [0.1, 0.15) is 6.61 Å². The molecule has 8 heavy (non-hydrogen) atoms. The van der Waals surface area contributed by atoms with Gasteiger partial charge in [0.15, 0.2) is 0 Å². The number of hydrogen-bond donors (Lipinski definition) is 0. The first-order valence-corrected chi connectivity index (χ1v) is 2.91. The molecule has 0 aliphatic heterocycles. The summed E-state index contributed by atoms with van der Waals surface area (Å²) in [6.45, 7) is 2.62. The minimum atomic E-state index is -0.432. The Morgan fingerprint density at radius 3 is 2.75 bits per heavy atom. The Morgan fingerprint density at radius 2 is 2.38 bits per heavy atom. The van der Waals surface area contributed by atoms with Crippen molar-refractivity contribution in [3.63, 3.8) is 0 Å². The number of halogens is 1. The van der Waals surface area contributed by atoms with Crippen molar-refractivity contribution < 1.29 is 9.53 Å². The fourth-order valence-electron chi connectivity index (χ4n) is 0.297. The molecule has 0 aliphatic carbocycles. The average molecular weight is 137 g/mol. The van der Waals surface area contributed by atoms with Gasteiger partial charge < -0.3 is 4.74 Å². The topological polar surface area (TPSA) is 26.3 Å². The summed E-state index contributed by atoms with van der Waals surface area (Å²) in [5.41, 5.74) is 0. The lowest BCUT2D eigenvalue weighted by Gasteiger charge is -1.93. The van der Waals surface area contributed by atoms with Gasteiger partial charge in [-0.3, -0.25) is 4.79 Å². The van der Waals surface area contributed by atoms with E-state index >= 15 is 0 Å². The van der Waals surface area contributed by atoms with Crippen LogP contribution in [0.2, 0.25) is 0 Å². The third-order valence-electron chi connectivity index (χ3n) is 0.564. The van der Waals surface area contributed by atoms with Crippen LogP contribution < -0.4 is 0 Å². The molecule has 3 heteroatoms. The van der Waals surface area contributed by atoms with Gasteiger partial charge in [-0.05, 0) is 18.0 Å². The van der Waals surface area contributed by atoms with Crippen LogP contribution >= 0.6 is 11.6 Å². The first-order valence-electron chi connectivity index (χ1n) is 2.53. The number of carbonyl (C=O) groups excluding carboxylic acids is 1. The summed E-state index contributed by atoms with van der Waals surface area (Å²) in [7, 11) is 0. The van der Waals surface area contributed by atoms with Crippen LogP contribution in [0.4, 0.5) is 0 Å². The molecule has 0 unspecified atom stereocenters. The van der Waals surface area contributed by atoms with Crippen LogP contribution in [0.3, 0.4) is 0 Å². The van der Waals surface area contributed by atoms with Gasteiger partial charge in [-0.1, -0.05) is 6.92 Å². The van der Waals surface area contributed by atoms with Crippen molar-refractivity contribution in [1.29, 1.82) is 0 Å². The van der Waals surface area contributed by atoms with Crippen molar-refractivity contribution in [3.8, 4) is 0 Å². The molecule has 0 atom stereocenters. The molecule has 0 amide bonds. The van der Waals surface area contributed by atoms with Crippen molar-refractivity contribution in [1.82, 2.24) is 0 Å². The van der Waals surface area contributed by atoms with Gasteiger partial charge >= 0.3 is 0 Å². The van der Waals surface area contributed by atoms with Gasteiger partial charge in [-0.25, -0.2) is 0 Å². The third kappa shape index (κ3) is 5.92. The van der Waals surface area contributed by atoms with Crippen LogP contribution in [0, 0.1) is 0 Å². The molecule has 0 aliphatic rings. The van der Waals surface area contributed by atoms with E-state index < -0.39 is 5.24 Å². The van der Waals surface area contributed by atoms with Crippen molar-refractivity contribution >= 4 is 16.8 Å². The van der Waals surface area contributed by atoms with E-state index in [2.05, 4.69) is 0 Å². The highest BCUT2D eigenvalue weighted by Crippen LogP contribution is 1.83. The van der Waals surface area contributed by atoms with E-state index in [1.165, 1.54) is 0 Å². The van der Waals surface area contributed by atoms with E-state index in [1.54, 1.807) is 0 Å². The maximum Gasteiger partial charge on any atom is 0.247 e. The molecule has 0 N–H and O–H groups in total. The van der Waals surface area contributed by atoms with Crippen LogP contribution in [-0.2, 0) is 9.53 Å². The zero-order valence-electron chi connectivity index (χ0n) is 4.82. The number of carbonyl (C=O) groups is 1. The SMILES string of the molecule is CCCOCC(=O)Cl. The van der Waals surface area contributed by atoms with Crippen LogP contribution in [-0.4, -0.2) is 18.5 Å². The molecule has 0 rings (SSSR count). The van der Waals surface area contributed by atoms with Gasteiger partial charge in [0.2, 0.25) is 5.24 Å². The van der Waals surface area contributed by atoms with E-state index in [0.717, 1.165) is 6.42 Å². The second-order valence-corrected chi connectivity index (χ2v) is 1.83. The number of hydrogen-bond acceptors (Lipinski definition) is 2. The molecular weight excluding hydrogens is 128 g/mol. The second kappa shape index (κ2) is 5.06. The van der Waals surface area contributed by atoms with Crippen molar-refractivity contribution in [2.24, 2.45) is 0 Å². The summed E-state index contributed by atoms with van der Waals surface area (Å²) in [6.07, 6.45) is 0.921. The summed E-state index contributed by atoms with van der Waals surface area (Å²) >= 11 is 4.95. The van der Waals surface area contributed by atoms with E-state index in [9.17, 15) is 4.79 Å². The largest absolute Gasteiger partial charge is 0.372 e. The number of ether oxygens (including phenoxy) is 1. The molecule has 0 radical (unpaired) electrons. The van der Waals surface area contributed by atoms with Gasteiger partial charge in [-0.2, -0.15) is 0 Å². The Labute approximate surface area is 53.8 Å². The Kier molecular flexibility index (Phi) is 5.01. The molecule has 0 saturated carbocycles. The highest BCUT2D eigenvalue weighted by molar-refractivity contribution is 6.63. The summed E-state index contributed by atoms with van der Waals surface area (Å²) < 4.78 is 4.76. The standard InChI is InChI=1S/C5H9ClO2/c1-2-3-8-4-5(6)7/h2-4H2,1H3. The predicted molar refractivity (Wildman–Crippen MR) is 32.0 cm³/mol. The summed E-state index contributed by atoms with van der Waals surface area (Å²) in [4.78, 5) is 9.96. The summed E-state index contributed by atoms with van der Waals surface area (Å²) in [5.74, 6) is 0. The molecule has 2 nitrogen and oxygen atoms in total. The Morgan fingerprint density at radius 1 is 1.75 bits per heavy atom. The fraction of sp³-hybridized carbons (Fsp3) is 0.800. The van der Waals surface area contributed by atoms with Crippen LogP contribution in [0.15, 0.2) is 0 Å². The maximum atomic E-state index is 9.96. The van der Waals surface area contributed by atoms with Crippen LogP contribution in [0.25, 0.3) is 0 Å². The minimum Gasteiger partial charge on any atom is -0.372 e. The molecule has 0 bridgehead atoms. The quantitative estimate of drug-likeness (QED) is 0.429. The highest BCUT2D eigenvalue weighted by Gasteiger charge is 1.91. The molecular formula is C5H9ClO2. The molecule has 0 fully saturated rings. The first kappa shape index (κ1) is 7.92. The molecule has 0 aromatic carbocycles. The van der Waals surface area contributed by atoms with Crippen molar-refractivity contribution in [2.45, 2.75) is 13.3 Å². The summed E-state index contributed by atoms with van der Waals surface area (Å²) in [6, 6.07) is 0. The number of rotatable bonds is 4. The Hall–Kier alpha value is -0.0800. The van der Waals surface area contributed by atoms with Crippen LogP contribution in [0.1, 0.15) is 13.3 Å². The van der Waals surface area contributed by atoms with Crippen LogP contribution in [0.5, 0.6) is 0 Å². The lowest BCUT2D eigenvalue weighted by molar-refractivity contribution is -0.115. The molecule has 0 aromatic heterocycles. The van der Waals surface area contributed by atoms with Gasteiger partial charge in [0.25, 0.3) is 0 Å². The normalized spacial score (nSPS) is 9.25. The van der Waals surface area contributed by atoms with E-state index in [1.807, 2.05) is 6.92 Å². The average Bonchev–Trinajstić information content (AvgIpc) is 1.66.